The van der Waals surface area contributed by atoms with Crippen molar-refractivity contribution in [2.24, 2.45) is 58.2 Å². The minimum Gasteiger partial charge on any atom is -0.506 e. The van der Waals surface area contributed by atoms with Crippen LogP contribution in [0.5, 0.6) is 11.5 Å². The Bertz CT molecular complexity index is 1660. The van der Waals surface area contributed by atoms with E-state index in [2.05, 4.69) is 72.6 Å². The minimum atomic E-state index is -1.26. The summed E-state index contributed by atoms with van der Waals surface area (Å²) in [5, 5.41) is 40.5. The summed E-state index contributed by atoms with van der Waals surface area (Å²) in [6.45, 7) is 12.6. The van der Waals surface area contributed by atoms with E-state index >= 15 is 0 Å². The van der Waals surface area contributed by atoms with E-state index in [0.717, 1.165) is 54.3 Å². The molecule has 9 atom stereocenters. The van der Waals surface area contributed by atoms with Crippen LogP contribution >= 0.6 is 31.9 Å². The van der Waals surface area contributed by atoms with E-state index < -0.39 is 11.9 Å². The number of carboxylic acid groups (broad SMARTS) is 2. The number of hydrogen-bond donors (Lipinski definition) is 4. The van der Waals surface area contributed by atoms with Crippen LogP contribution in [0.4, 0.5) is 0 Å². The first-order valence-electron chi connectivity index (χ1n) is 20.3. The fraction of sp³-hybridized carbons (Fsp3) is 0.644. The maximum atomic E-state index is 12.0. The number of phenols is 2. The Balaban J connectivity index is 1.17. The maximum absolute atomic E-state index is 12.0. The van der Waals surface area contributed by atoms with Gasteiger partial charge in [-0.3, -0.25) is 0 Å². The molecule has 53 heavy (non-hydrogen) atoms. The first kappa shape index (κ1) is 40.3. The molecule has 2 aromatic rings. The third-order valence-electron chi connectivity index (χ3n) is 15.1. The lowest BCUT2D eigenvalue weighted by Gasteiger charge is -2.61. The molecule has 0 unspecified atom stereocenters. The smallest absolute Gasteiger partial charge is 0.339 e. The normalized spacial score (nSPS) is 31.3. The lowest BCUT2D eigenvalue weighted by molar-refractivity contribution is -0.121. The Kier molecular flexibility index (Phi) is 12.2. The number of benzene rings is 2. The Morgan fingerprint density at radius 1 is 0.792 bits per heavy atom. The van der Waals surface area contributed by atoms with Crippen LogP contribution in [-0.2, 0) is 0 Å². The second-order valence-corrected chi connectivity index (χ2v) is 20.1. The quantitative estimate of drug-likeness (QED) is 0.169. The molecule has 6 nitrogen and oxygen atoms in total. The minimum absolute atomic E-state index is 0.240. The van der Waals surface area contributed by atoms with Crippen LogP contribution in [0, 0.1) is 58.2 Å². The molecule has 4 aliphatic rings. The third kappa shape index (κ3) is 7.89. The topological polar surface area (TPSA) is 115 Å². The van der Waals surface area contributed by atoms with Crippen LogP contribution < -0.4 is 0 Å². The van der Waals surface area contributed by atoms with E-state index in [1.165, 1.54) is 89.2 Å². The number of aromatic hydroxyl groups is 2. The average molecular weight is 857 g/mol. The van der Waals surface area contributed by atoms with Crippen LogP contribution in [0.2, 0.25) is 0 Å². The maximum Gasteiger partial charge on any atom is 0.339 e. The van der Waals surface area contributed by atoms with Crippen molar-refractivity contribution in [3.05, 3.63) is 61.5 Å². The van der Waals surface area contributed by atoms with Crippen molar-refractivity contribution < 1.29 is 30.0 Å². The van der Waals surface area contributed by atoms with Crippen molar-refractivity contribution >= 4 is 49.4 Å². The highest BCUT2D eigenvalue weighted by Gasteiger charge is 2.60. The zero-order chi connectivity index (χ0) is 38.4. The van der Waals surface area contributed by atoms with Crippen LogP contribution in [0.25, 0.3) is 5.57 Å². The van der Waals surface area contributed by atoms with Gasteiger partial charge in [0.15, 0.2) is 0 Å². The van der Waals surface area contributed by atoms with Gasteiger partial charge in [-0.25, -0.2) is 9.59 Å². The predicted molar refractivity (Wildman–Crippen MR) is 218 cm³/mol. The highest BCUT2D eigenvalue weighted by molar-refractivity contribution is 9.11. The molecule has 0 radical (unpaired) electrons. The van der Waals surface area contributed by atoms with Gasteiger partial charge >= 0.3 is 11.9 Å². The molecule has 0 amide bonds. The van der Waals surface area contributed by atoms with Gasteiger partial charge in [0.05, 0.1) is 8.95 Å². The number of hydrogen-bond acceptors (Lipinski definition) is 4. The molecule has 4 aliphatic carbocycles. The van der Waals surface area contributed by atoms with E-state index in [1.54, 1.807) is 12.1 Å². The number of rotatable bonds is 12. The summed E-state index contributed by atoms with van der Waals surface area (Å²) in [5.41, 5.74) is 2.18. The lowest BCUT2D eigenvalue weighted by atomic mass is 9.44. The Hall–Kier alpha value is -2.32. The van der Waals surface area contributed by atoms with E-state index in [9.17, 15) is 30.0 Å². The Labute approximate surface area is 333 Å². The molecule has 0 aliphatic heterocycles. The van der Waals surface area contributed by atoms with Gasteiger partial charge < -0.3 is 20.4 Å². The van der Waals surface area contributed by atoms with Crippen LogP contribution in [0.1, 0.15) is 156 Å². The molecule has 4 saturated carbocycles. The molecule has 290 valence electrons. The second-order valence-electron chi connectivity index (χ2n) is 18.3. The molecule has 4 fully saturated rings. The van der Waals surface area contributed by atoms with Crippen LogP contribution in [0.3, 0.4) is 0 Å². The fourth-order valence-electron chi connectivity index (χ4n) is 12.3. The first-order chi connectivity index (χ1) is 25.0. The first-order valence-corrected chi connectivity index (χ1v) is 21.9. The van der Waals surface area contributed by atoms with Crippen molar-refractivity contribution in [3.63, 3.8) is 0 Å². The van der Waals surface area contributed by atoms with Gasteiger partial charge in [-0.05, 0) is 202 Å². The number of aromatic carboxylic acids is 2. The average Bonchev–Trinajstić information content (AvgIpc) is 3.46. The third-order valence-corrected chi connectivity index (χ3v) is 16.3. The molecule has 2 aromatic carbocycles. The second kappa shape index (κ2) is 16.0. The predicted octanol–water partition coefficient (Wildman–Crippen LogP) is 13.0. The van der Waals surface area contributed by atoms with Crippen LogP contribution in [0.15, 0.2) is 39.3 Å². The monoisotopic (exact) mass is 854 g/mol. The molecule has 0 heterocycles. The van der Waals surface area contributed by atoms with Gasteiger partial charge in [-0.1, -0.05) is 60.0 Å². The van der Waals surface area contributed by atoms with Crippen molar-refractivity contribution in [1.29, 1.82) is 0 Å². The highest BCUT2D eigenvalue weighted by Crippen LogP contribution is 2.69. The number of halogens is 2. The van der Waals surface area contributed by atoms with Crippen LogP contribution in [-0.4, -0.2) is 32.4 Å². The van der Waals surface area contributed by atoms with Gasteiger partial charge in [0.1, 0.15) is 22.6 Å². The molecule has 8 heteroatoms. The van der Waals surface area contributed by atoms with E-state index in [0.29, 0.717) is 33.4 Å². The summed E-state index contributed by atoms with van der Waals surface area (Å²) in [4.78, 5) is 24.0. The molecule has 4 N–H and O–H groups in total. The molecular weight excluding hydrogens is 796 g/mol. The molecule has 0 saturated heterocycles. The molecule has 0 bridgehead atoms. The van der Waals surface area contributed by atoms with E-state index in [1.807, 2.05) is 0 Å². The number of allylic oxidation sites excluding steroid dienone is 1. The van der Waals surface area contributed by atoms with Crippen molar-refractivity contribution in [1.82, 2.24) is 0 Å². The van der Waals surface area contributed by atoms with Gasteiger partial charge in [-0.2, -0.15) is 0 Å². The summed E-state index contributed by atoms with van der Waals surface area (Å²) in [6.07, 6.45) is 20.1. The Morgan fingerprint density at radius 2 is 1.38 bits per heavy atom. The molecule has 6 rings (SSSR count). The number of fused-ring (bicyclic) bond motifs is 5. The molecular formula is C45H60Br2O6. The van der Waals surface area contributed by atoms with Gasteiger partial charge in [0, 0.05) is 0 Å². The van der Waals surface area contributed by atoms with Gasteiger partial charge in [0.25, 0.3) is 0 Å². The van der Waals surface area contributed by atoms with Gasteiger partial charge in [0.2, 0.25) is 0 Å². The summed E-state index contributed by atoms with van der Waals surface area (Å²) in [6, 6.07) is 6.17. The zero-order valence-corrected chi connectivity index (χ0v) is 35.4. The largest absolute Gasteiger partial charge is 0.506 e. The lowest BCUT2D eigenvalue weighted by Crippen LogP contribution is -2.53. The summed E-state index contributed by atoms with van der Waals surface area (Å²) >= 11 is 6.64. The fourth-order valence-corrected chi connectivity index (χ4v) is 13.3. The standard InChI is InChI=1S/C45H60Br2O6/c1-25(2)8-6-9-26(3)35-14-15-36-32-13-12-30-20-27(16-18-44(30,4)37(32)17-19-45(35,36)5)10-7-11-31(28-21-33(42(50)51)40(48)38(46)23-28)29-22-34(43(52)53)41(49)39(47)24-29/h11,21-27,30,32,35-37,48-49H,6-10,12-20H2,1-5H3,(H,50,51)(H,52,53)/t26-,27+,30+,32+,35-,36+,37+,44+,45-/m1/s1. The SMILES string of the molecule is CC(C)CCC[C@@H](C)[C@H]1CC[C@H]2[C@@H]3CC[C@H]4C[C@@H](CCC=C(c5cc(Br)c(O)c(C(=O)O)c5)c5cc(Br)c(O)c(C(=O)O)c5)CC[C@]4(C)[C@H]3CC[C@]12C. The Morgan fingerprint density at radius 3 is 1.96 bits per heavy atom. The zero-order valence-electron chi connectivity index (χ0n) is 32.3. The highest BCUT2D eigenvalue weighted by atomic mass is 79.9. The molecule has 0 spiro atoms. The van der Waals surface area contributed by atoms with E-state index in [-0.39, 0.29) is 31.6 Å². The number of carbonyl (C=O) groups is 2. The van der Waals surface area contributed by atoms with Crippen molar-refractivity contribution in [3.8, 4) is 11.5 Å². The molecule has 0 aromatic heterocycles. The summed E-state index contributed by atoms with van der Waals surface area (Å²) in [7, 11) is 0. The van der Waals surface area contributed by atoms with Gasteiger partial charge in [-0.15, -0.1) is 0 Å². The summed E-state index contributed by atoms with van der Waals surface area (Å²) in [5.74, 6) is 3.24. The van der Waals surface area contributed by atoms with Crippen molar-refractivity contribution in [2.45, 2.75) is 125 Å². The number of carboxylic acids is 2. The van der Waals surface area contributed by atoms with E-state index in [4.69, 9.17) is 0 Å². The summed E-state index contributed by atoms with van der Waals surface area (Å²) < 4.78 is 0.480. The van der Waals surface area contributed by atoms with Crippen molar-refractivity contribution in [2.75, 3.05) is 0 Å².